The largest absolute Gasteiger partial charge is 0.437 e. The molecule has 3 aromatic heterocycles. The van der Waals surface area contributed by atoms with E-state index in [1.807, 2.05) is 6.07 Å². The second kappa shape index (κ2) is 9.15. The van der Waals surface area contributed by atoms with Gasteiger partial charge in [0, 0.05) is 33.0 Å². The van der Waals surface area contributed by atoms with Gasteiger partial charge in [-0.25, -0.2) is 9.97 Å². The normalized spacial score (nSPS) is 12.2. The highest BCUT2D eigenvalue weighted by molar-refractivity contribution is 6.10. The number of furan rings is 1. The van der Waals surface area contributed by atoms with Crippen LogP contribution in [0.25, 0.3) is 72.1 Å². The molecule has 0 aliphatic rings. The molecule has 0 spiro atoms. The quantitative estimate of drug-likeness (QED) is 0.223. The number of rotatable bonds is 3. The molecule has 42 heavy (non-hydrogen) atoms. The maximum Gasteiger partial charge on any atom is 0.227 e. The van der Waals surface area contributed by atoms with Gasteiger partial charge in [-0.15, -0.1) is 0 Å². The molecule has 0 amide bonds. The Morgan fingerprint density at radius 1 is 0.595 bits per heavy atom. The van der Waals surface area contributed by atoms with E-state index in [1.54, 1.807) is 0 Å². The van der Waals surface area contributed by atoms with Gasteiger partial charge < -0.3 is 4.42 Å². The van der Waals surface area contributed by atoms with Crippen molar-refractivity contribution in [3.8, 4) is 28.2 Å². The first-order chi connectivity index (χ1) is 20.5. The Morgan fingerprint density at radius 3 is 2.14 bits per heavy atom. The van der Waals surface area contributed by atoms with Crippen LogP contribution in [0.4, 0.5) is 0 Å². The van der Waals surface area contributed by atoms with Crippen LogP contribution in [-0.4, -0.2) is 14.5 Å². The molecule has 0 saturated heterocycles. The van der Waals surface area contributed by atoms with Crippen molar-refractivity contribution in [2.75, 3.05) is 0 Å². The summed E-state index contributed by atoms with van der Waals surface area (Å²) in [4.78, 5) is 10.2. The minimum atomic E-state index is -0.0725. The number of pyridine rings is 1. The summed E-state index contributed by atoms with van der Waals surface area (Å²) >= 11 is 0. The Balaban J connectivity index is 1.41. The minimum Gasteiger partial charge on any atom is -0.437 e. The van der Waals surface area contributed by atoms with Crippen molar-refractivity contribution in [2.24, 2.45) is 0 Å². The molecule has 0 radical (unpaired) electrons. The van der Waals surface area contributed by atoms with Gasteiger partial charge in [0.05, 0.1) is 16.6 Å². The molecular formula is C38H29N3O. The van der Waals surface area contributed by atoms with Crippen molar-refractivity contribution >= 4 is 43.9 Å². The van der Waals surface area contributed by atoms with Gasteiger partial charge >= 0.3 is 0 Å². The Bertz CT molecular complexity index is 2270. The van der Waals surface area contributed by atoms with E-state index >= 15 is 0 Å². The predicted octanol–water partition coefficient (Wildman–Crippen LogP) is 10.1. The SMILES string of the molecule is CC(C)(C)c1ccc2c(n1)oc1c(-c3nc4ccc5ccccc5c4n3-c3ccc(-c4ccccc4)cc3)cccc12. The monoisotopic (exact) mass is 543 g/mol. The molecule has 0 unspecified atom stereocenters. The van der Waals surface area contributed by atoms with Crippen LogP contribution in [-0.2, 0) is 5.41 Å². The van der Waals surface area contributed by atoms with Gasteiger partial charge in [0.15, 0.2) is 0 Å². The third-order valence-electron chi connectivity index (χ3n) is 8.15. The van der Waals surface area contributed by atoms with E-state index in [4.69, 9.17) is 14.4 Å². The van der Waals surface area contributed by atoms with E-state index in [-0.39, 0.29) is 5.41 Å². The molecule has 0 N–H and O–H groups in total. The van der Waals surface area contributed by atoms with Crippen molar-refractivity contribution in [1.29, 1.82) is 0 Å². The van der Waals surface area contributed by atoms with Crippen molar-refractivity contribution in [2.45, 2.75) is 26.2 Å². The van der Waals surface area contributed by atoms with Crippen LogP contribution in [0.3, 0.4) is 0 Å². The number of nitrogens with zero attached hydrogens (tertiary/aromatic N) is 3. The van der Waals surface area contributed by atoms with E-state index in [9.17, 15) is 0 Å². The van der Waals surface area contributed by atoms with Crippen LogP contribution in [0.5, 0.6) is 0 Å². The first-order valence-corrected chi connectivity index (χ1v) is 14.3. The molecule has 8 rings (SSSR count). The Labute approximate surface area is 243 Å². The molecule has 0 aliphatic carbocycles. The van der Waals surface area contributed by atoms with Crippen LogP contribution in [0.15, 0.2) is 126 Å². The van der Waals surface area contributed by atoms with Crippen molar-refractivity contribution in [1.82, 2.24) is 14.5 Å². The minimum absolute atomic E-state index is 0.0725. The summed E-state index contributed by atoms with van der Waals surface area (Å²) in [5, 5.41) is 4.40. The zero-order chi connectivity index (χ0) is 28.4. The molecule has 0 bridgehead atoms. The molecule has 0 fully saturated rings. The number of fused-ring (bicyclic) bond motifs is 6. The summed E-state index contributed by atoms with van der Waals surface area (Å²) in [7, 11) is 0. The first kappa shape index (κ1) is 24.6. The number of imidazole rings is 1. The molecule has 0 aliphatic heterocycles. The predicted molar refractivity (Wildman–Crippen MR) is 173 cm³/mol. The smallest absolute Gasteiger partial charge is 0.227 e. The highest BCUT2D eigenvalue weighted by Gasteiger charge is 2.23. The average molecular weight is 544 g/mol. The van der Waals surface area contributed by atoms with Gasteiger partial charge in [0.1, 0.15) is 11.4 Å². The third-order valence-corrected chi connectivity index (χ3v) is 8.15. The summed E-state index contributed by atoms with van der Waals surface area (Å²) in [6.45, 7) is 6.51. The van der Waals surface area contributed by atoms with Crippen LogP contribution in [0.1, 0.15) is 26.5 Å². The highest BCUT2D eigenvalue weighted by atomic mass is 16.3. The fourth-order valence-corrected chi connectivity index (χ4v) is 5.98. The van der Waals surface area contributed by atoms with Crippen molar-refractivity contribution in [3.63, 3.8) is 0 Å². The summed E-state index contributed by atoms with van der Waals surface area (Å²) in [5.74, 6) is 0.842. The number of para-hydroxylation sites is 1. The Morgan fingerprint density at radius 2 is 1.33 bits per heavy atom. The van der Waals surface area contributed by atoms with Gasteiger partial charge in [-0.1, -0.05) is 106 Å². The molecule has 3 heterocycles. The molecular weight excluding hydrogens is 514 g/mol. The fourth-order valence-electron chi connectivity index (χ4n) is 5.98. The fraction of sp³-hybridized carbons (Fsp3) is 0.105. The number of aromatic nitrogens is 3. The highest BCUT2D eigenvalue weighted by Crippen LogP contribution is 2.39. The Hall–Kier alpha value is -5.22. The number of hydrogen-bond acceptors (Lipinski definition) is 3. The van der Waals surface area contributed by atoms with Crippen LogP contribution in [0, 0.1) is 0 Å². The summed E-state index contributed by atoms with van der Waals surface area (Å²) in [6.07, 6.45) is 0. The number of hydrogen-bond donors (Lipinski definition) is 0. The van der Waals surface area contributed by atoms with Crippen molar-refractivity contribution < 1.29 is 4.42 Å². The topological polar surface area (TPSA) is 43.9 Å². The second-order valence-electron chi connectivity index (χ2n) is 11.9. The van der Waals surface area contributed by atoms with Crippen LogP contribution in [0.2, 0.25) is 0 Å². The molecule has 0 saturated carbocycles. The van der Waals surface area contributed by atoms with E-state index in [1.165, 1.54) is 16.5 Å². The van der Waals surface area contributed by atoms with E-state index in [0.717, 1.165) is 55.5 Å². The lowest BCUT2D eigenvalue weighted by Crippen LogP contribution is -2.12. The molecule has 202 valence electrons. The van der Waals surface area contributed by atoms with Gasteiger partial charge in [-0.05, 0) is 52.9 Å². The van der Waals surface area contributed by atoms with Gasteiger partial charge in [0.25, 0.3) is 0 Å². The van der Waals surface area contributed by atoms with E-state index in [0.29, 0.717) is 5.71 Å². The van der Waals surface area contributed by atoms with E-state index < -0.39 is 0 Å². The zero-order valence-electron chi connectivity index (χ0n) is 23.8. The third kappa shape index (κ3) is 3.83. The molecule has 8 aromatic rings. The summed E-state index contributed by atoms with van der Waals surface area (Å²) in [5.41, 5.74) is 8.77. The van der Waals surface area contributed by atoms with E-state index in [2.05, 4.69) is 141 Å². The van der Waals surface area contributed by atoms with Crippen molar-refractivity contribution in [3.05, 3.63) is 127 Å². The van der Waals surface area contributed by atoms with Crippen LogP contribution >= 0.6 is 0 Å². The van der Waals surface area contributed by atoms with Crippen LogP contribution < -0.4 is 0 Å². The lowest BCUT2D eigenvalue weighted by atomic mass is 9.91. The molecule has 4 heteroatoms. The molecule has 0 atom stereocenters. The standard InChI is InChI=1S/C38H29N3O/c1-38(2,3)33-23-21-30-29-14-9-15-31(35(29)42-37(30)40-33)36-39-32-22-18-26-12-7-8-13-28(26)34(32)41(36)27-19-16-25(17-20-27)24-10-5-4-6-11-24/h4-23H,1-3H3. The first-order valence-electron chi connectivity index (χ1n) is 14.3. The zero-order valence-corrected chi connectivity index (χ0v) is 23.8. The number of benzene rings is 5. The average Bonchev–Trinajstić information content (AvgIpc) is 3.60. The maximum atomic E-state index is 6.56. The lowest BCUT2D eigenvalue weighted by molar-refractivity contribution is 0.562. The molecule has 5 aromatic carbocycles. The summed E-state index contributed by atoms with van der Waals surface area (Å²) < 4.78 is 8.84. The summed E-state index contributed by atoms with van der Waals surface area (Å²) in [6, 6.07) is 42.5. The Kier molecular flexibility index (Phi) is 5.35. The maximum absolute atomic E-state index is 6.56. The van der Waals surface area contributed by atoms with Gasteiger partial charge in [0.2, 0.25) is 5.71 Å². The van der Waals surface area contributed by atoms with Gasteiger partial charge in [-0.3, -0.25) is 4.57 Å². The molecule has 4 nitrogen and oxygen atoms in total. The van der Waals surface area contributed by atoms with Gasteiger partial charge in [-0.2, -0.15) is 0 Å². The lowest BCUT2D eigenvalue weighted by Gasteiger charge is -2.16. The second-order valence-corrected chi connectivity index (χ2v) is 11.9.